The molecule has 2 aromatic rings. The van der Waals surface area contributed by atoms with E-state index in [1.807, 2.05) is 19.9 Å². The zero-order chi connectivity index (χ0) is 16.1. The number of aromatic nitrogens is 3. The zero-order valence-electron chi connectivity index (χ0n) is 12.6. The lowest BCUT2D eigenvalue weighted by atomic mass is 10.2. The van der Waals surface area contributed by atoms with Gasteiger partial charge in [0.25, 0.3) is 0 Å². The quantitative estimate of drug-likeness (QED) is 0.644. The van der Waals surface area contributed by atoms with E-state index >= 15 is 0 Å². The lowest BCUT2D eigenvalue weighted by Gasteiger charge is -2.13. The fourth-order valence-corrected chi connectivity index (χ4v) is 2.34. The summed E-state index contributed by atoms with van der Waals surface area (Å²) < 4.78 is 13.1. The van der Waals surface area contributed by atoms with Crippen LogP contribution < -0.4 is 9.47 Å². The molecule has 1 aromatic heterocycles. The molecule has 1 N–H and O–H groups in total. The normalized spacial score (nSPS) is 11.1. The van der Waals surface area contributed by atoms with E-state index in [1.165, 1.54) is 4.68 Å². The minimum Gasteiger partial charge on any atom is -0.490 e. The number of H-pyrrole nitrogens is 1. The van der Waals surface area contributed by atoms with Crippen molar-refractivity contribution in [2.75, 3.05) is 13.2 Å². The molecule has 0 spiro atoms. The number of aryl methyl sites for hydroxylation is 1. The largest absolute Gasteiger partial charge is 0.490 e. The monoisotopic (exact) mass is 340 g/mol. The molecule has 8 heteroatoms. The Hall–Kier alpha value is -1.86. The number of nitrogens with one attached hydrogen (secondary N) is 1. The third kappa shape index (κ3) is 3.66. The van der Waals surface area contributed by atoms with Crippen LogP contribution in [0.4, 0.5) is 0 Å². The maximum absolute atomic E-state index is 6.26. The molecule has 0 bridgehead atoms. The maximum Gasteiger partial charge on any atom is 0.216 e. The molecule has 0 unspecified atom stereocenters. The van der Waals surface area contributed by atoms with Gasteiger partial charge in [0.15, 0.2) is 11.5 Å². The first-order valence-corrected chi connectivity index (χ1v) is 7.63. The van der Waals surface area contributed by atoms with Crippen molar-refractivity contribution >= 4 is 30.0 Å². The van der Waals surface area contributed by atoms with Gasteiger partial charge in [-0.2, -0.15) is 14.9 Å². The first-order valence-electron chi connectivity index (χ1n) is 6.84. The molecular weight excluding hydrogens is 324 g/mol. The predicted molar refractivity (Wildman–Crippen MR) is 88.9 cm³/mol. The summed E-state index contributed by atoms with van der Waals surface area (Å²) in [7, 11) is 0. The Kier molecular flexibility index (Phi) is 5.57. The van der Waals surface area contributed by atoms with E-state index in [2.05, 4.69) is 15.3 Å². The third-order valence-electron chi connectivity index (χ3n) is 2.75. The number of ether oxygens (including phenoxy) is 2. The Morgan fingerprint density at radius 1 is 1.36 bits per heavy atom. The molecule has 0 aliphatic carbocycles. The van der Waals surface area contributed by atoms with Crippen LogP contribution in [0.15, 0.2) is 17.2 Å². The van der Waals surface area contributed by atoms with E-state index in [4.69, 9.17) is 33.3 Å². The summed E-state index contributed by atoms with van der Waals surface area (Å²) >= 11 is 11.4. The molecule has 1 heterocycles. The van der Waals surface area contributed by atoms with Crippen molar-refractivity contribution < 1.29 is 9.47 Å². The van der Waals surface area contributed by atoms with E-state index in [-0.39, 0.29) is 0 Å². The van der Waals surface area contributed by atoms with Gasteiger partial charge in [0.2, 0.25) is 4.77 Å². The highest BCUT2D eigenvalue weighted by molar-refractivity contribution is 7.71. The van der Waals surface area contributed by atoms with Crippen molar-refractivity contribution in [3.8, 4) is 11.5 Å². The van der Waals surface area contributed by atoms with Gasteiger partial charge in [-0.1, -0.05) is 11.6 Å². The molecule has 0 aliphatic heterocycles. The first-order chi connectivity index (χ1) is 10.6. The van der Waals surface area contributed by atoms with Crippen molar-refractivity contribution in [1.82, 2.24) is 14.9 Å². The van der Waals surface area contributed by atoms with Crippen molar-refractivity contribution in [3.05, 3.63) is 33.3 Å². The van der Waals surface area contributed by atoms with Crippen LogP contribution >= 0.6 is 23.8 Å². The topological polar surface area (TPSA) is 64.4 Å². The lowest BCUT2D eigenvalue weighted by Crippen LogP contribution is -2.00. The molecule has 6 nitrogen and oxygen atoms in total. The summed E-state index contributed by atoms with van der Waals surface area (Å²) in [6.45, 7) is 6.63. The number of nitrogens with zero attached hydrogens (tertiary/aromatic N) is 3. The van der Waals surface area contributed by atoms with Crippen molar-refractivity contribution in [1.29, 1.82) is 0 Å². The second-order valence-electron chi connectivity index (χ2n) is 4.33. The van der Waals surface area contributed by atoms with Gasteiger partial charge in [0, 0.05) is 0 Å². The van der Waals surface area contributed by atoms with Crippen molar-refractivity contribution in [3.63, 3.8) is 0 Å². The van der Waals surface area contributed by atoms with Gasteiger partial charge in [0.05, 0.1) is 24.5 Å². The second kappa shape index (κ2) is 7.42. The predicted octanol–water partition coefficient (Wildman–Crippen LogP) is 3.58. The molecule has 0 radical (unpaired) electrons. The van der Waals surface area contributed by atoms with Gasteiger partial charge in [-0.15, -0.1) is 0 Å². The summed E-state index contributed by atoms with van der Waals surface area (Å²) in [6, 6.07) is 3.58. The van der Waals surface area contributed by atoms with Gasteiger partial charge in [-0.25, -0.2) is 0 Å². The number of halogens is 1. The minimum atomic E-state index is 0.427. The average molecular weight is 341 g/mol. The van der Waals surface area contributed by atoms with Gasteiger partial charge >= 0.3 is 0 Å². The first kappa shape index (κ1) is 16.5. The molecule has 2 rings (SSSR count). The fraction of sp³-hybridized carbons (Fsp3) is 0.357. The van der Waals surface area contributed by atoms with Crippen LogP contribution in [0.1, 0.15) is 25.2 Å². The van der Waals surface area contributed by atoms with E-state index in [0.717, 1.165) is 5.56 Å². The Balaban J connectivity index is 2.38. The number of benzene rings is 1. The zero-order valence-corrected chi connectivity index (χ0v) is 14.2. The van der Waals surface area contributed by atoms with E-state index < -0.39 is 0 Å². The van der Waals surface area contributed by atoms with Gasteiger partial charge < -0.3 is 9.47 Å². The maximum atomic E-state index is 6.26. The van der Waals surface area contributed by atoms with Crippen LogP contribution in [0, 0.1) is 11.7 Å². The lowest BCUT2D eigenvalue weighted by molar-refractivity contribution is 0.288. The molecule has 0 amide bonds. The summed E-state index contributed by atoms with van der Waals surface area (Å²) in [4.78, 5) is 0. The molecule has 118 valence electrons. The Morgan fingerprint density at radius 3 is 2.68 bits per heavy atom. The summed E-state index contributed by atoms with van der Waals surface area (Å²) in [5, 5.41) is 11.4. The van der Waals surface area contributed by atoms with Crippen LogP contribution in [0.5, 0.6) is 11.5 Å². The highest BCUT2D eigenvalue weighted by Gasteiger charge is 2.11. The standard InChI is InChI=1S/C14H17ClN4O2S/c1-4-20-12-7-10(6-11(15)13(12)21-5-2)8-16-19-9(3)17-18-14(19)22/h6-8H,4-5H2,1-3H3,(H,18,22)/b16-8-. The van der Waals surface area contributed by atoms with Gasteiger partial charge in [0.1, 0.15) is 5.82 Å². The molecule has 0 fully saturated rings. The number of rotatable bonds is 6. The second-order valence-corrected chi connectivity index (χ2v) is 5.12. The fourth-order valence-electron chi connectivity index (χ4n) is 1.84. The molecule has 0 saturated heterocycles. The minimum absolute atomic E-state index is 0.427. The molecule has 1 aromatic carbocycles. The van der Waals surface area contributed by atoms with E-state index in [0.29, 0.717) is 40.3 Å². The van der Waals surface area contributed by atoms with Crippen LogP contribution in [-0.4, -0.2) is 34.3 Å². The SMILES string of the molecule is CCOc1cc(/C=N\n2c(C)n[nH]c2=S)cc(Cl)c1OCC. The van der Waals surface area contributed by atoms with Crippen molar-refractivity contribution in [2.24, 2.45) is 5.10 Å². The molecule has 0 saturated carbocycles. The third-order valence-corrected chi connectivity index (χ3v) is 3.30. The summed E-state index contributed by atoms with van der Waals surface area (Å²) in [6.07, 6.45) is 1.64. The Labute approximate surface area is 138 Å². The Bertz CT molecular complexity index is 739. The highest BCUT2D eigenvalue weighted by atomic mass is 35.5. The molecule has 22 heavy (non-hydrogen) atoms. The van der Waals surface area contributed by atoms with Crippen LogP contribution in [0.3, 0.4) is 0 Å². The smallest absolute Gasteiger partial charge is 0.216 e. The molecule has 0 aliphatic rings. The molecular formula is C14H17ClN4O2S. The summed E-state index contributed by atoms with van der Waals surface area (Å²) in [5.41, 5.74) is 0.777. The number of aromatic amines is 1. The number of hydrogen-bond acceptors (Lipinski definition) is 5. The van der Waals surface area contributed by atoms with E-state index in [9.17, 15) is 0 Å². The Morgan fingerprint density at radius 2 is 2.09 bits per heavy atom. The van der Waals surface area contributed by atoms with Crippen molar-refractivity contribution in [2.45, 2.75) is 20.8 Å². The molecule has 0 atom stereocenters. The number of hydrogen-bond donors (Lipinski definition) is 1. The average Bonchev–Trinajstić information content (AvgIpc) is 2.80. The highest BCUT2D eigenvalue weighted by Crippen LogP contribution is 2.36. The van der Waals surface area contributed by atoms with Crippen LogP contribution in [0.2, 0.25) is 5.02 Å². The van der Waals surface area contributed by atoms with E-state index in [1.54, 1.807) is 19.2 Å². The van der Waals surface area contributed by atoms with Gasteiger partial charge in [-0.05, 0) is 50.7 Å². The van der Waals surface area contributed by atoms with Crippen LogP contribution in [0.25, 0.3) is 0 Å². The van der Waals surface area contributed by atoms with Gasteiger partial charge in [-0.3, -0.25) is 5.10 Å². The van der Waals surface area contributed by atoms with Crippen LogP contribution in [-0.2, 0) is 0 Å². The summed E-state index contributed by atoms with van der Waals surface area (Å²) in [5.74, 6) is 1.80.